The fourth-order valence-corrected chi connectivity index (χ4v) is 2.49. The van der Waals surface area contributed by atoms with Crippen LogP contribution in [-0.2, 0) is 0 Å². The molecule has 2 N–H and O–H groups in total. The lowest BCUT2D eigenvalue weighted by atomic mass is 10.1. The first kappa shape index (κ1) is 17.0. The van der Waals surface area contributed by atoms with Crippen LogP contribution in [0.5, 0.6) is 0 Å². The standard InChI is InChI=1S/C19H10F2N2O3/c20-14-4-3-10-5-12(2-1-11(10)6-14)18(24)23-17-7-13(9-22)16(21)8-15(17)19(25)26/h1-8H,(H,23,24)(H,25,26). The number of hydrogen-bond donors (Lipinski definition) is 2. The molecule has 0 saturated carbocycles. The number of hydrogen-bond acceptors (Lipinski definition) is 3. The molecule has 0 atom stereocenters. The lowest BCUT2D eigenvalue weighted by Gasteiger charge is -2.10. The largest absolute Gasteiger partial charge is 0.478 e. The van der Waals surface area contributed by atoms with Gasteiger partial charge in [0.25, 0.3) is 5.91 Å². The zero-order valence-corrected chi connectivity index (χ0v) is 13.1. The summed E-state index contributed by atoms with van der Waals surface area (Å²) < 4.78 is 26.8. The van der Waals surface area contributed by atoms with Crippen LogP contribution in [0.4, 0.5) is 14.5 Å². The van der Waals surface area contributed by atoms with Gasteiger partial charge in [0.15, 0.2) is 0 Å². The number of rotatable bonds is 3. The third-order valence-electron chi connectivity index (χ3n) is 3.77. The van der Waals surface area contributed by atoms with Crippen molar-refractivity contribution in [2.45, 2.75) is 0 Å². The number of carbonyl (C=O) groups is 2. The predicted octanol–water partition coefficient (Wildman–Crippen LogP) is 3.94. The van der Waals surface area contributed by atoms with Crippen LogP contribution in [0.2, 0.25) is 0 Å². The van der Waals surface area contributed by atoms with E-state index in [1.165, 1.54) is 30.3 Å². The minimum Gasteiger partial charge on any atom is -0.478 e. The van der Waals surface area contributed by atoms with Crippen LogP contribution in [0, 0.1) is 23.0 Å². The normalized spacial score (nSPS) is 10.3. The van der Waals surface area contributed by atoms with Gasteiger partial charge in [-0.25, -0.2) is 13.6 Å². The summed E-state index contributed by atoms with van der Waals surface area (Å²) in [4.78, 5) is 23.7. The molecule has 0 unspecified atom stereocenters. The molecule has 0 heterocycles. The average molecular weight is 352 g/mol. The Morgan fingerprint density at radius 2 is 1.69 bits per heavy atom. The van der Waals surface area contributed by atoms with Crippen molar-refractivity contribution in [2.75, 3.05) is 5.32 Å². The quantitative estimate of drug-likeness (QED) is 0.747. The van der Waals surface area contributed by atoms with E-state index < -0.39 is 29.1 Å². The van der Waals surface area contributed by atoms with Gasteiger partial charge in [-0.1, -0.05) is 12.1 Å². The number of benzene rings is 3. The average Bonchev–Trinajstić information content (AvgIpc) is 2.62. The smallest absolute Gasteiger partial charge is 0.337 e. The van der Waals surface area contributed by atoms with E-state index in [2.05, 4.69) is 5.32 Å². The molecule has 1 amide bonds. The van der Waals surface area contributed by atoms with Gasteiger partial charge >= 0.3 is 5.97 Å². The summed E-state index contributed by atoms with van der Waals surface area (Å²) in [5.41, 5.74) is -0.861. The highest BCUT2D eigenvalue weighted by Crippen LogP contribution is 2.23. The zero-order valence-electron chi connectivity index (χ0n) is 13.1. The molecular formula is C19H10F2N2O3. The SMILES string of the molecule is N#Cc1cc(NC(=O)c2ccc3cc(F)ccc3c2)c(C(=O)O)cc1F. The van der Waals surface area contributed by atoms with E-state index in [9.17, 15) is 18.4 Å². The van der Waals surface area contributed by atoms with Crippen molar-refractivity contribution < 1.29 is 23.5 Å². The second kappa shape index (κ2) is 6.61. The van der Waals surface area contributed by atoms with Crippen LogP contribution in [0.3, 0.4) is 0 Å². The first-order valence-electron chi connectivity index (χ1n) is 7.36. The fraction of sp³-hybridized carbons (Fsp3) is 0. The molecule has 0 aliphatic rings. The molecule has 0 radical (unpaired) electrons. The van der Waals surface area contributed by atoms with Crippen molar-refractivity contribution in [3.63, 3.8) is 0 Å². The highest BCUT2D eigenvalue weighted by atomic mass is 19.1. The van der Waals surface area contributed by atoms with Crippen molar-refractivity contribution >= 4 is 28.3 Å². The van der Waals surface area contributed by atoms with Gasteiger partial charge in [0.05, 0.1) is 16.8 Å². The molecule has 0 aliphatic carbocycles. The molecule has 3 aromatic rings. The number of nitrogens with one attached hydrogen (secondary N) is 1. The van der Waals surface area contributed by atoms with Crippen LogP contribution in [-0.4, -0.2) is 17.0 Å². The van der Waals surface area contributed by atoms with Crippen LogP contribution in [0.1, 0.15) is 26.3 Å². The molecular weight excluding hydrogens is 342 g/mol. The van der Waals surface area contributed by atoms with Crippen LogP contribution in [0.15, 0.2) is 48.5 Å². The summed E-state index contributed by atoms with van der Waals surface area (Å²) in [6.45, 7) is 0. The van der Waals surface area contributed by atoms with Crippen molar-refractivity contribution in [1.29, 1.82) is 5.26 Å². The lowest BCUT2D eigenvalue weighted by molar-refractivity contribution is 0.0697. The summed E-state index contributed by atoms with van der Waals surface area (Å²) >= 11 is 0. The molecule has 0 aromatic heterocycles. The highest BCUT2D eigenvalue weighted by Gasteiger charge is 2.18. The van der Waals surface area contributed by atoms with Gasteiger partial charge in [-0.2, -0.15) is 5.26 Å². The topological polar surface area (TPSA) is 90.2 Å². The number of nitriles is 1. The molecule has 26 heavy (non-hydrogen) atoms. The molecule has 3 rings (SSSR count). The molecule has 0 bridgehead atoms. The molecule has 7 heteroatoms. The van der Waals surface area contributed by atoms with Gasteiger partial charge < -0.3 is 10.4 Å². The zero-order chi connectivity index (χ0) is 18.8. The predicted molar refractivity (Wildman–Crippen MR) is 89.9 cm³/mol. The van der Waals surface area contributed by atoms with E-state index >= 15 is 0 Å². The maximum Gasteiger partial charge on any atom is 0.337 e. The summed E-state index contributed by atoms with van der Waals surface area (Å²) in [6, 6.07) is 11.8. The minimum absolute atomic E-state index is 0.195. The number of carbonyl (C=O) groups excluding carboxylic acids is 1. The second-order valence-electron chi connectivity index (χ2n) is 5.45. The van der Waals surface area contributed by atoms with Gasteiger partial charge in [-0.05, 0) is 47.2 Å². The summed E-state index contributed by atoms with van der Waals surface area (Å²) in [7, 11) is 0. The maximum absolute atomic E-state index is 13.6. The van der Waals surface area contributed by atoms with E-state index in [1.807, 2.05) is 0 Å². The Morgan fingerprint density at radius 1 is 1.00 bits per heavy atom. The van der Waals surface area contributed by atoms with Gasteiger partial charge in [-0.15, -0.1) is 0 Å². The second-order valence-corrected chi connectivity index (χ2v) is 5.45. The number of amides is 1. The number of halogens is 2. The van der Waals surface area contributed by atoms with Gasteiger partial charge in [-0.3, -0.25) is 4.79 Å². The molecule has 0 spiro atoms. The van der Waals surface area contributed by atoms with E-state index in [1.54, 1.807) is 12.1 Å². The van der Waals surface area contributed by atoms with Crippen molar-refractivity contribution in [3.8, 4) is 6.07 Å². The Bertz CT molecular complexity index is 1100. The van der Waals surface area contributed by atoms with E-state index in [-0.39, 0.29) is 16.8 Å². The Morgan fingerprint density at radius 3 is 2.38 bits per heavy atom. The van der Waals surface area contributed by atoms with Crippen molar-refractivity contribution in [2.24, 2.45) is 0 Å². The molecule has 0 fully saturated rings. The number of carboxylic acid groups (broad SMARTS) is 1. The lowest BCUT2D eigenvalue weighted by Crippen LogP contribution is -2.15. The van der Waals surface area contributed by atoms with Gasteiger partial charge in [0.1, 0.15) is 17.7 Å². The monoisotopic (exact) mass is 352 g/mol. The number of anilines is 1. The maximum atomic E-state index is 13.6. The molecule has 5 nitrogen and oxygen atoms in total. The number of carboxylic acids is 1. The van der Waals surface area contributed by atoms with Crippen LogP contribution >= 0.6 is 0 Å². The van der Waals surface area contributed by atoms with E-state index in [4.69, 9.17) is 10.4 Å². The fourth-order valence-electron chi connectivity index (χ4n) is 2.49. The number of nitrogens with zero attached hydrogens (tertiary/aromatic N) is 1. The van der Waals surface area contributed by atoms with Gasteiger partial charge in [0, 0.05) is 5.56 Å². The highest BCUT2D eigenvalue weighted by molar-refractivity contribution is 6.09. The Balaban J connectivity index is 1.98. The first-order valence-corrected chi connectivity index (χ1v) is 7.36. The Hall–Kier alpha value is -3.79. The molecule has 0 aliphatic heterocycles. The minimum atomic E-state index is -1.45. The Kier molecular flexibility index (Phi) is 4.33. The van der Waals surface area contributed by atoms with Crippen LogP contribution < -0.4 is 5.32 Å². The van der Waals surface area contributed by atoms with Crippen molar-refractivity contribution in [1.82, 2.24) is 0 Å². The summed E-state index contributed by atoms with van der Waals surface area (Å²) in [5, 5.41) is 21.6. The third-order valence-corrected chi connectivity index (χ3v) is 3.77. The molecule has 128 valence electrons. The third kappa shape index (κ3) is 3.21. The first-order chi connectivity index (χ1) is 12.4. The molecule has 3 aromatic carbocycles. The summed E-state index contributed by atoms with van der Waals surface area (Å²) in [5.74, 6) is -3.49. The van der Waals surface area contributed by atoms with Crippen LogP contribution in [0.25, 0.3) is 10.8 Å². The summed E-state index contributed by atoms with van der Waals surface area (Å²) in [6.07, 6.45) is 0. The number of aromatic carboxylic acids is 1. The number of fused-ring (bicyclic) bond motifs is 1. The van der Waals surface area contributed by atoms with Gasteiger partial charge in [0.2, 0.25) is 0 Å². The Labute approximate surface area is 146 Å². The van der Waals surface area contributed by atoms with Crippen molar-refractivity contribution in [3.05, 3.63) is 76.9 Å². The van der Waals surface area contributed by atoms with E-state index in [0.29, 0.717) is 16.8 Å². The van der Waals surface area contributed by atoms with E-state index in [0.717, 1.165) is 6.07 Å². The molecule has 0 saturated heterocycles.